The van der Waals surface area contributed by atoms with Gasteiger partial charge in [0.2, 0.25) is 5.95 Å². The molecule has 0 aromatic carbocycles. The smallest absolute Gasteiger partial charge is 0.257 e. The van der Waals surface area contributed by atoms with Crippen LogP contribution in [0.4, 0.5) is 5.95 Å². The third kappa shape index (κ3) is 2.79. The van der Waals surface area contributed by atoms with Crippen LogP contribution < -0.4 is 4.90 Å². The van der Waals surface area contributed by atoms with Crippen molar-refractivity contribution in [2.24, 2.45) is 0 Å². The predicted octanol–water partition coefficient (Wildman–Crippen LogP) is 1.10. The molecule has 0 spiro atoms. The molecule has 1 amide bonds. The number of hydrogen-bond donors (Lipinski definition) is 0. The van der Waals surface area contributed by atoms with Crippen LogP contribution in [-0.2, 0) is 17.7 Å². The Bertz CT molecular complexity index is 695. The molecule has 0 bridgehead atoms. The van der Waals surface area contributed by atoms with Crippen LogP contribution in [0.25, 0.3) is 0 Å². The molecule has 4 rings (SSSR count). The maximum Gasteiger partial charge on any atom is 0.257 e. The van der Waals surface area contributed by atoms with E-state index in [1.54, 1.807) is 17.4 Å². The number of ether oxygens (including phenoxy) is 1. The topological polar surface area (TPSA) is 71.7 Å². The van der Waals surface area contributed by atoms with Gasteiger partial charge in [0.15, 0.2) is 0 Å². The minimum atomic E-state index is 0.0000774. The Morgan fingerprint density at radius 1 is 1.26 bits per heavy atom. The van der Waals surface area contributed by atoms with Crippen molar-refractivity contribution >= 4 is 11.9 Å². The summed E-state index contributed by atoms with van der Waals surface area (Å²) in [4.78, 5) is 25.3. The fourth-order valence-electron chi connectivity index (χ4n) is 2.93. The Kier molecular flexibility index (Phi) is 3.70. The summed E-state index contributed by atoms with van der Waals surface area (Å²) in [6.45, 7) is 4.11. The van der Waals surface area contributed by atoms with Crippen molar-refractivity contribution in [3.8, 4) is 0 Å². The molecule has 4 heterocycles. The Hall–Kier alpha value is -2.41. The lowest BCUT2D eigenvalue weighted by molar-refractivity contribution is 0.0778. The Morgan fingerprint density at radius 3 is 2.91 bits per heavy atom. The van der Waals surface area contributed by atoms with Crippen molar-refractivity contribution in [2.75, 3.05) is 37.7 Å². The number of morpholine rings is 1. The maximum atomic E-state index is 12.4. The van der Waals surface area contributed by atoms with Crippen molar-refractivity contribution < 1.29 is 13.9 Å². The highest BCUT2D eigenvalue weighted by Crippen LogP contribution is 2.23. The van der Waals surface area contributed by atoms with Gasteiger partial charge in [0.05, 0.1) is 37.3 Å². The van der Waals surface area contributed by atoms with E-state index < -0.39 is 0 Å². The van der Waals surface area contributed by atoms with Crippen molar-refractivity contribution in [2.45, 2.75) is 13.0 Å². The number of anilines is 1. The van der Waals surface area contributed by atoms with Crippen molar-refractivity contribution in [3.05, 3.63) is 41.6 Å². The molecule has 7 nitrogen and oxygen atoms in total. The molecule has 0 unspecified atom stereocenters. The van der Waals surface area contributed by atoms with Crippen molar-refractivity contribution in [1.82, 2.24) is 14.9 Å². The number of hydrogen-bond acceptors (Lipinski definition) is 6. The van der Waals surface area contributed by atoms with Gasteiger partial charge in [-0.05, 0) is 12.1 Å². The van der Waals surface area contributed by atoms with Gasteiger partial charge in [0.1, 0.15) is 5.76 Å². The zero-order valence-electron chi connectivity index (χ0n) is 12.8. The van der Waals surface area contributed by atoms with Crippen LogP contribution in [0.15, 0.2) is 29.0 Å². The van der Waals surface area contributed by atoms with E-state index in [0.717, 1.165) is 24.5 Å². The molecule has 0 saturated carbocycles. The summed E-state index contributed by atoms with van der Waals surface area (Å²) in [5.74, 6) is 1.57. The van der Waals surface area contributed by atoms with Gasteiger partial charge >= 0.3 is 0 Å². The van der Waals surface area contributed by atoms with Crippen molar-refractivity contribution in [1.29, 1.82) is 0 Å². The van der Waals surface area contributed by atoms with E-state index in [4.69, 9.17) is 9.15 Å². The monoisotopic (exact) mass is 314 g/mol. The Morgan fingerprint density at radius 2 is 2.13 bits per heavy atom. The van der Waals surface area contributed by atoms with E-state index in [1.165, 1.54) is 0 Å². The van der Waals surface area contributed by atoms with Gasteiger partial charge in [0.25, 0.3) is 5.91 Å². The summed E-state index contributed by atoms with van der Waals surface area (Å²) in [5.41, 5.74) is 1.42. The molecule has 7 heteroatoms. The number of aromatic nitrogens is 2. The van der Waals surface area contributed by atoms with Crippen LogP contribution in [0.3, 0.4) is 0 Å². The number of amides is 1. The first-order chi connectivity index (χ1) is 11.3. The van der Waals surface area contributed by atoms with Gasteiger partial charge in [-0.15, -0.1) is 0 Å². The van der Waals surface area contributed by atoms with Crippen LogP contribution >= 0.6 is 0 Å². The molecule has 120 valence electrons. The highest BCUT2D eigenvalue weighted by molar-refractivity contribution is 5.97. The second kappa shape index (κ2) is 6.00. The summed E-state index contributed by atoms with van der Waals surface area (Å²) in [5, 5.41) is 0. The Labute approximate surface area is 133 Å². The van der Waals surface area contributed by atoms with Crippen LogP contribution in [0.2, 0.25) is 0 Å². The molecule has 0 aliphatic carbocycles. The van der Waals surface area contributed by atoms with Gasteiger partial charge in [0, 0.05) is 32.3 Å². The van der Waals surface area contributed by atoms with Crippen LogP contribution in [0.5, 0.6) is 0 Å². The van der Waals surface area contributed by atoms with Crippen LogP contribution in [-0.4, -0.2) is 53.6 Å². The number of furan rings is 1. The van der Waals surface area contributed by atoms with Gasteiger partial charge in [-0.25, -0.2) is 9.97 Å². The third-order valence-electron chi connectivity index (χ3n) is 4.22. The molecule has 2 aliphatic heterocycles. The quantitative estimate of drug-likeness (QED) is 0.842. The summed E-state index contributed by atoms with van der Waals surface area (Å²) in [6, 6.07) is 3.78. The third-order valence-corrected chi connectivity index (χ3v) is 4.22. The number of carbonyl (C=O) groups excluding carboxylic acids is 1. The van der Waals surface area contributed by atoms with E-state index in [9.17, 15) is 4.79 Å². The highest BCUT2D eigenvalue weighted by atomic mass is 16.5. The number of fused-ring (bicyclic) bond motifs is 1. The molecule has 1 saturated heterocycles. The molecule has 1 fully saturated rings. The van der Waals surface area contributed by atoms with Gasteiger partial charge in [-0.2, -0.15) is 0 Å². The first-order valence-electron chi connectivity index (χ1n) is 7.81. The van der Waals surface area contributed by atoms with E-state index in [2.05, 4.69) is 14.9 Å². The first-order valence-corrected chi connectivity index (χ1v) is 7.81. The zero-order valence-corrected chi connectivity index (χ0v) is 12.8. The minimum Gasteiger partial charge on any atom is -0.469 e. The van der Waals surface area contributed by atoms with Crippen LogP contribution in [0, 0.1) is 0 Å². The number of nitrogens with zero attached hydrogens (tertiary/aromatic N) is 4. The molecule has 0 radical (unpaired) electrons. The standard InChI is InChI=1S/C16H18N4O3/c21-15-13-10-17-16(19-5-8-22-9-6-19)18-14(13)11-20(15)4-3-12-2-1-7-23-12/h1-2,7,10H,3-6,8-9,11H2. The lowest BCUT2D eigenvalue weighted by Crippen LogP contribution is -2.37. The molecule has 0 N–H and O–H groups in total. The lowest BCUT2D eigenvalue weighted by atomic mass is 10.3. The lowest BCUT2D eigenvalue weighted by Gasteiger charge is -2.26. The molecule has 2 aromatic rings. The van der Waals surface area contributed by atoms with Gasteiger partial charge in [-0.1, -0.05) is 0 Å². The molecular weight excluding hydrogens is 296 g/mol. The van der Waals surface area contributed by atoms with Gasteiger partial charge < -0.3 is 19.0 Å². The second-order valence-corrected chi connectivity index (χ2v) is 5.69. The average Bonchev–Trinajstić information content (AvgIpc) is 3.22. The van der Waals surface area contributed by atoms with E-state index in [-0.39, 0.29) is 5.91 Å². The minimum absolute atomic E-state index is 0.0000774. The molecular formula is C16H18N4O3. The predicted molar refractivity (Wildman–Crippen MR) is 82.2 cm³/mol. The summed E-state index contributed by atoms with van der Waals surface area (Å²) in [7, 11) is 0. The maximum absolute atomic E-state index is 12.4. The summed E-state index contributed by atoms with van der Waals surface area (Å²) >= 11 is 0. The summed E-state index contributed by atoms with van der Waals surface area (Å²) < 4.78 is 10.7. The number of rotatable bonds is 4. The van der Waals surface area contributed by atoms with E-state index in [0.29, 0.717) is 44.2 Å². The zero-order chi connectivity index (χ0) is 15.6. The number of carbonyl (C=O) groups is 1. The SMILES string of the molecule is O=C1c2cnc(N3CCOCC3)nc2CN1CCc1ccco1. The van der Waals surface area contributed by atoms with E-state index >= 15 is 0 Å². The van der Waals surface area contributed by atoms with Crippen molar-refractivity contribution in [3.63, 3.8) is 0 Å². The molecule has 0 atom stereocenters. The summed E-state index contributed by atoms with van der Waals surface area (Å²) in [6.07, 6.45) is 4.01. The largest absolute Gasteiger partial charge is 0.469 e. The average molecular weight is 314 g/mol. The van der Waals surface area contributed by atoms with Crippen LogP contribution in [0.1, 0.15) is 21.8 Å². The fraction of sp³-hybridized carbons (Fsp3) is 0.438. The van der Waals surface area contributed by atoms with Gasteiger partial charge in [-0.3, -0.25) is 4.79 Å². The normalized spacial score (nSPS) is 17.7. The first kappa shape index (κ1) is 14.2. The second-order valence-electron chi connectivity index (χ2n) is 5.69. The Balaban J connectivity index is 1.47. The molecule has 2 aromatic heterocycles. The van der Waals surface area contributed by atoms with E-state index in [1.807, 2.05) is 12.1 Å². The molecule has 2 aliphatic rings. The fourth-order valence-corrected chi connectivity index (χ4v) is 2.93. The highest BCUT2D eigenvalue weighted by Gasteiger charge is 2.30. The molecule has 23 heavy (non-hydrogen) atoms.